The average molecular weight is 397 g/mol. The molecule has 0 radical (unpaired) electrons. The molecule has 1 amide bonds. The van der Waals surface area contributed by atoms with E-state index >= 15 is 0 Å². The van der Waals surface area contributed by atoms with E-state index in [1.165, 1.54) is 23.9 Å². The zero-order valence-electron chi connectivity index (χ0n) is 15.3. The number of pyridine rings is 1. The van der Waals surface area contributed by atoms with Crippen LogP contribution in [0.3, 0.4) is 0 Å². The number of nitrogens with zero attached hydrogens (tertiary/aromatic N) is 3. The number of thiophene rings is 1. The molecule has 0 unspecified atom stereocenters. The van der Waals surface area contributed by atoms with E-state index in [2.05, 4.69) is 22.9 Å². The predicted octanol–water partition coefficient (Wildman–Crippen LogP) is 3.90. The maximum atomic E-state index is 12.5. The first-order valence-corrected chi connectivity index (χ1v) is 9.72. The molecule has 146 valence electrons. The highest BCUT2D eigenvalue weighted by Gasteiger charge is 2.33. The topological polar surface area (TPSA) is 36.4 Å². The number of halogens is 3. The minimum Gasteiger partial charge on any atom is -0.333 e. The number of hydrogen-bond acceptors (Lipinski definition) is 4. The van der Waals surface area contributed by atoms with Crippen LogP contribution in [0.5, 0.6) is 0 Å². The van der Waals surface area contributed by atoms with Crippen molar-refractivity contribution < 1.29 is 18.0 Å². The largest absolute Gasteiger partial charge is 0.406 e. The first-order valence-electron chi connectivity index (χ1n) is 8.84. The number of carbonyl (C=O) groups excluding carboxylic acids is 1. The van der Waals surface area contributed by atoms with Gasteiger partial charge < -0.3 is 4.90 Å². The number of alkyl halides is 3. The second-order valence-corrected chi connectivity index (χ2v) is 7.76. The van der Waals surface area contributed by atoms with Gasteiger partial charge >= 0.3 is 6.18 Å². The van der Waals surface area contributed by atoms with Gasteiger partial charge in [-0.2, -0.15) is 13.2 Å². The fraction of sp³-hybridized carbons (Fsp3) is 0.474. The second kappa shape index (κ2) is 7.98. The van der Waals surface area contributed by atoms with Crippen molar-refractivity contribution >= 4 is 17.2 Å². The number of rotatable bonds is 5. The lowest BCUT2D eigenvalue weighted by Gasteiger charge is -2.27. The SMILES string of the molecule is CCc1ccc(CN2CCc3c(C(=O)N(C)CC(F)(F)F)csc3C2)nc1. The molecule has 1 aliphatic heterocycles. The third-order valence-corrected chi connectivity index (χ3v) is 5.71. The van der Waals surface area contributed by atoms with Crippen LogP contribution in [0.2, 0.25) is 0 Å². The molecule has 3 heterocycles. The minimum absolute atomic E-state index is 0.409. The molecule has 2 aromatic heterocycles. The summed E-state index contributed by atoms with van der Waals surface area (Å²) in [5, 5.41) is 1.69. The van der Waals surface area contributed by atoms with Crippen molar-refractivity contribution in [1.82, 2.24) is 14.8 Å². The summed E-state index contributed by atoms with van der Waals surface area (Å²) in [5.74, 6) is -0.560. The summed E-state index contributed by atoms with van der Waals surface area (Å²) in [4.78, 5) is 20.9. The minimum atomic E-state index is -4.39. The van der Waals surface area contributed by atoms with Crippen LogP contribution in [-0.4, -0.2) is 47.0 Å². The van der Waals surface area contributed by atoms with Gasteiger partial charge in [-0.1, -0.05) is 13.0 Å². The van der Waals surface area contributed by atoms with Gasteiger partial charge in [0, 0.05) is 43.1 Å². The van der Waals surface area contributed by atoms with E-state index in [0.717, 1.165) is 40.5 Å². The first-order chi connectivity index (χ1) is 12.8. The molecule has 2 aromatic rings. The van der Waals surface area contributed by atoms with E-state index in [0.29, 0.717) is 18.5 Å². The summed E-state index contributed by atoms with van der Waals surface area (Å²) in [6, 6.07) is 4.11. The molecule has 0 N–H and O–H groups in total. The number of aromatic nitrogens is 1. The fourth-order valence-electron chi connectivity index (χ4n) is 3.23. The van der Waals surface area contributed by atoms with Gasteiger partial charge in [-0.15, -0.1) is 11.3 Å². The van der Waals surface area contributed by atoms with E-state index < -0.39 is 18.6 Å². The van der Waals surface area contributed by atoms with Crippen molar-refractivity contribution in [3.63, 3.8) is 0 Å². The third-order valence-electron chi connectivity index (χ3n) is 4.70. The van der Waals surface area contributed by atoms with Crippen molar-refractivity contribution in [2.45, 2.75) is 39.0 Å². The van der Waals surface area contributed by atoms with E-state index in [1.807, 2.05) is 12.3 Å². The molecule has 3 rings (SSSR count). The van der Waals surface area contributed by atoms with Gasteiger partial charge in [0.05, 0.1) is 11.3 Å². The van der Waals surface area contributed by atoms with Gasteiger partial charge in [-0.3, -0.25) is 14.7 Å². The lowest BCUT2D eigenvalue weighted by atomic mass is 10.0. The highest BCUT2D eigenvalue weighted by molar-refractivity contribution is 7.10. The first kappa shape index (κ1) is 19.8. The third kappa shape index (κ3) is 4.87. The molecule has 0 aromatic carbocycles. The fourth-order valence-corrected chi connectivity index (χ4v) is 4.34. The van der Waals surface area contributed by atoms with Crippen LogP contribution in [0.4, 0.5) is 13.2 Å². The predicted molar refractivity (Wildman–Crippen MR) is 98.8 cm³/mol. The Morgan fingerprint density at radius 2 is 2.15 bits per heavy atom. The zero-order valence-corrected chi connectivity index (χ0v) is 16.2. The van der Waals surface area contributed by atoms with Crippen molar-refractivity contribution in [2.75, 3.05) is 20.1 Å². The van der Waals surface area contributed by atoms with Gasteiger partial charge in [0.15, 0.2) is 0 Å². The van der Waals surface area contributed by atoms with Crippen molar-refractivity contribution in [3.05, 3.63) is 51.0 Å². The maximum absolute atomic E-state index is 12.5. The van der Waals surface area contributed by atoms with Crippen molar-refractivity contribution in [2.24, 2.45) is 0 Å². The lowest BCUT2D eigenvalue weighted by molar-refractivity contribution is -0.138. The van der Waals surface area contributed by atoms with Gasteiger partial charge in [0.25, 0.3) is 5.91 Å². The summed E-state index contributed by atoms with van der Waals surface area (Å²) >= 11 is 1.45. The van der Waals surface area contributed by atoms with Crippen molar-refractivity contribution in [1.29, 1.82) is 0 Å². The van der Waals surface area contributed by atoms with E-state index in [9.17, 15) is 18.0 Å². The van der Waals surface area contributed by atoms with E-state index in [-0.39, 0.29) is 0 Å². The Morgan fingerprint density at radius 3 is 2.78 bits per heavy atom. The number of aryl methyl sites for hydroxylation is 1. The molecule has 0 saturated heterocycles. The van der Waals surface area contributed by atoms with Crippen molar-refractivity contribution in [3.8, 4) is 0 Å². The molecule has 0 saturated carbocycles. The molecule has 0 bridgehead atoms. The normalized spacial score (nSPS) is 14.9. The average Bonchev–Trinajstić information content (AvgIpc) is 3.03. The van der Waals surface area contributed by atoms with Crippen LogP contribution in [-0.2, 0) is 25.9 Å². The molecule has 0 atom stereocenters. The Hall–Kier alpha value is -1.93. The molecular formula is C19H22F3N3OS. The number of amides is 1. The summed E-state index contributed by atoms with van der Waals surface area (Å²) in [6.07, 6.45) is -0.886. The Morgan fingerprint density at radius 1 is 1.37 bits per heavy atom. The van der Waals surface area contributed by atoms with Crippen LogP contribution in [0.15, 0.2) is 23.7 Å². The van der Waals surface area contributed by atoms with Gasteiger partial charge in [-0.05, 0) is 30.0 Å². The van der Waals surface area contributed by atoms with E-state index in [1.54, 1.807) is 5.38 Å². The highest BCUT2D eigenvalue weighted by Crippen LogP contribution is 2.30. The number of carbonyl (C=O) groups is 1. The Bertz CT molecular complexity index is 802. The van der Waals surface area contributed by atoms with Crippen LogP contribution in [0.1, 0.15) is 39.0 Å². The van der Waals surface area contributed by atoms with E-state index in [4.69, 9.17) is 0 Å². The molecule has 8 heteroatoms. The number of hydrogen-bond donors (Lipinski definition) is 0. The molecule has 27 heavy (non-hydrogen) atoms. The van der Waals surface area contributed by atoms with Gasteiger partial charge in [0.1, 0.15) is 6.54 Å². The number of fused-ring (bicyclic) bond motifs is 1. The van der Waals surface area contributed by atoms with Crippen LogP contribution >= 0.6 is 11.3 Å². The lowest BCUT2D eigenvalue weighted by Crippen LogP contribution is -2.36. The maximum Gasteiger partial charge on any atom is 0.406 e. The standard InChI is InChI=1S/C19H22F3N3OS/c1-3-13-4-5-14(23-8-13)9-25-7-6-15-16(11-27-17(15)10-25)18(26)24(2)12-19(20,21)22/h4-5,8,11H,3,6-7,9-10,12H2,1-2H3. The second-order valence-electron chi connectivity index (χ2n) is 6.80. The Kier molecular flexibility index (Phi) is 5.86. The molecule has 0 aliphatic carbocycles. The molecule has 0 spiro atoms. The van der Waals surface area contributed by atoms with Crippen LogP contribution in [0.25, 0.3) is 0 Å². The smallest absolute Gasteiger partial charge is 0.333 e. The highest BCUT2D eigenvalue weighted by atomic mass is 32.1. The summed E-state index contributed by atoms with van der Waals surface area (Å²) in [5.41, 5.74) is 3.49. The summed E-state index contributed by atoms with van der Waals surface area (Å²) < 4.78 is 37.6. The van der Waals surface area contributed by atoms with Crippen LogP contribution < -0.4 is 0 Å². The molecule has 0 fully saturated rings. The summed E-state index contributed by atoms with van der Waals surface area (Å²) in [7, 11) is 1.20. The summed E-state index contributed by atoms with van der Waals surface area (Å²) in [6.45, 7) is 3.02. The van der Waals surface area contributed by atoms with Gasteiger partial charge in [0.2, 0.25) is 0 Å². The molecule has 4 nitrogen and oxygen atoms in total. The van der Waals surface area contributed by atoms with Crippen LogP contribution in [0, 0.1) is 0 Å². The Labute approximate surface area is 160 Å². The Balaban J connectivity index is 1.66. The van der Waals surface area contributed by atoms with Gasteiger partial charge in [-0.25, -0.2) is 0 Å². The monoisotopic (exact) mass is 397 g/mol. The molecular weight excluding hydrogens is 375 g/mol. The zero-order chi connectivity index (χ0) is 19.6. The molecule has 1 aliphatic rings. The quantitative estimate of drug-likeness (QED) is 0.768.